The molecule has 2 heterocycles. The zero-order chi connectivity index (χ0) is 26.3. The van der Waals surface area contributed by atoms with Gasteiger partial charge in [-0.05, 0) is 98.5 Å². The van der Waals surface area contributed by atoms with Crippen molar-refractivity contribution in [3.05, 3.63) is 76.1 Å². The van der Waals surface area contributed by atoms with Gasteiger partial charge in [-0.2, -0.15) is 0 Å². The van der Waals surface area contributed by atoms with Gasteiger partial charge in [0.25, 0.3) is 0 Å². The van der Waals surface area contributed by atoms with Gasteiger partial charge >= 0.3 is 0 Å². The average molecular weight is 521 g/mol. The number of carbonyl (C=O) groups is 1. The van der Waals surface area contributed by atoms with Gasteiger partial charge in [0.2, 0.25) is 5.91 Å². The molecule has 2 N–H and O–H groups in total. The van der Waals surface area contributed by atoms with Crippen molar-refractivity contribution in [1.82, 2.24) is 10.2 Å². The van der Waals surface area contributed by atoms with E-state index in [1.807, 2.05) is 39.1 Å². The van der Waals surface area contributed by atoms with Crippen LogP contribution in [0.1, 0.15) is 35.6 Å². The minimum atomic E-state index is -0.754. The van der Waals surface area contributed by atoms with Crippen LogP contribution in [0.5, 0.6) is 5.75 Å². The van der Waals surface area contributed by atoms with Crippen LogP contribution in [-0.4, -0.2) is 48.4 Å². The zero-order valence-corrected chi connectivity index (χ0v) is 21.9. The second-order valence-electron chi connectivity index (χ2n) is 9.94. The third kappa shape index (κ3) is 5.06. The van der Waals surface area contributed by atoms with Gasteiger partial charge in [0.15, 0.2) is 0 Å². The maximum Gasteiger partial charge on any atom is 0.250 e. The molecule has 0 saturated carbocycles. The van der Waals surface area contributed by atoms with Gasteiger partial charge < -0.3 is 20.2 Å². The molecule has 3 aromatic rings. The number of anilines is 1. The number of hydrogen-bond donors (Lipinski definition) is 2. The lowest BCUT2D eigenvalue weighted by Gasteiger charge is -2.36. The fourth-order valence-electron chi connectivity index (χ4n) is 5.27. The first-order valence-electron chi connectivity index (χ1n) is 12.4. The number of rotatable bonds is 5. The predicted molar refractivity (Wildman–Crippen MR) is 146 cm³/mol. The molecule has 1 fully saturated rings. The second kappa shape index (κ2) is 10.1. The van der Waals surface area contributed by atoms with E-state index in [0.29, 0.717) is 34.1 Å². The minimum Gasteiger partial charge on any atom is -0.508 e. The normalized spacial score (nSPS) is 18.7. The highest BCUT2D eigenvalue weighted by Crippen LogP contribution is 2.43. The number of aromatic hydroxyl groups is 1. The number of carbonyl (C=O) groups excluding carboxylic acids is 1. The minimum absolute atomic E-state index is 0.0998. The Morgan fingerprint density at radius 1 is 1.19 bits per heavy atom. The Morgan fingerprint density at radius 2 is 2.00 bits per heavy atom. The summed E-state index contributed by atoms with van der Waals surface area (Å²) in [4.78, 5) is 22.2. The standard InChI is InChI=1S/C29H30ClFN4O2/c1-17-9-19(31)12-21(10-17)35-16-33-27-11-18(2)23(24-13-22(36)6-7-26(24)30)14-25(27)28(35)29(37)34(3)15-20-5-4-8-32-20/h6-7,9-14,16,20,28,32,36H,4-5,8,15H2,1-3H3. The number of likely N-dealkylation sites (N-methyl/N-ethyl adjacent to an activating group) is 1. The highest BCUT2D eigenvalue weighted by atomic mass is 35.5. The molecule has 2 aliphatic heterocycles. The smallest absolute Gasteiger partial charge is 0.250 e. The molecule has 0 spiro atoms. The summed E-state index contributed by atoms with van der Waals surface area (Å²) in [5.41, 5.74) is 5.04. The van der Waals surface area contributed by atoms with E-state index in [-0.39, 0.29) is 23.5 Å². The van der Waals surface area contributed by atoms with Gasteiger partial charge in [0.05, 0.1) is 12.0 Å². The van der Waals surface area contributed by atoms with Crippen LogP contribution >= 0.6 is 11.6 Å². The molecule has 0 aliphatic carbocycles. The van der Waals surface area contributed by atoms with E-state index >= 15 is 0 Å². The maximum atomic E-state index is 14.4. The summed E-state index contributed by atoms with van der Waals surface area (Å²) in [5.74, 6) is -0.386. The monoisotopic (exact) mass is 520 g/mol. The highest BCUT2D eigenvalue weighted by Gasteiger charge is 2.36. The van der Waals surface area contributed by atoms with E-state index in [4.69, 9.17) is 11.6 Å². The van der Waals surface area contributed by atoms with Crippen LogP contribution in [0.25, 0.3) is 11.1 Å². The van der Waals surface area contributed by atoms with Crippen LogP contribution < -0.4 is 10.2 Å². The number of amides is 1. The van der Waals surface area contributed by atoms with E-state index in [9.17, 15) is 14.3 Å². The Morgan fingerprint density at radius 3 is 2.73 bits per heavy atom. The number of nitrogens with zero attached hydrogens (tertiary/aromatic N) is 3. The molecule has 5 rings (SSSR count). The highest BCUT2D eigenvalue weighted by molar-refractivity contribution is 6.33. The van der Waals surface area contributed by atoms with Gasteiger partial charge in [-0.15, -0.1) is 0 Å². The van der Waals surface area contributed by atoms with Crippen LogP contribution in [0.4, 0.5) is 15.8 Å². The molecule has 1 saturated heterocycles. The van der Waals surface area contributed by atoms with Crippen LogP contribution in [0, 0.1) is 19.7 Å². The van der Waals surface area contributed by atoms with Crippen molar-refractivity contribution in [3.8, 4) is 16.9 Å². The van der Waals surface area contributed by atoms with E-state index < -0.39 is 6.04 Å². The predicted octanol–water partition coefficient (Wildman–Crippen LogP) is 5.90. The van der Waals surface area contributed by atoms with E-state index in [2.05, 4.69) is 10.3 Å². The van der Waals surface area contributed by atoms with Gasteiger partial charge in [0.1, 0.15) is 17.6 Å². The molecule has 2 atom stereocenters. The summed E-state index contributed by atoms with van der Waals surface area (Å²) in [6.45, 7) is 5.30. The summed E-state index contributed by atoms with van der Waals surface area (Å²) in [7, 11) is 1.81. The molecule has 37 heavy (non-hydrogen) atoms. The van der Waals surface area contributed by atoms with Crippen molar-refractivity contribution in [1.29, 1.82) is 0 Å². The largest absolute Gasteiger partial charge is 0.508 e. The number of phenolic OH excluding ortho intramolecular Hbond substituents is 1. The number of fused-ring (bicyclic) bond motifs is 1. The van der Waals surface area contributed by atoms with E-state index in [0.717, 1.165) is 36.1 Å². The number of benzene rings is 3. The SMILES string of the molecule is Cc1cc(F)cc(N2C=Nc3cc(C)c(-c4cc(O)ccc4Cl)cc3C2C(=O)N(C)CC2CCCN2)c1. The Hall–Kier alpha value is -3.42. The third-order valence-electron chi connectivity index (χ3n) is 7.10. The maximum absolute atomic E-state index is 14.4. The van der Waals surface area contributed by atoms with Crippen molar-refractivity contribution in [2.24, 2.45) is 4.99 Å². The van der Waals surface area contributed by atoms with Gasteiger partial charge in [-0.3, -0.25) is 4.79 Å². The number of aliphatic imine (C=N–C) groups is 1. The first kappa shape index (κ1) is 25.2. The lowest BCUT2D eigenvalue weighted by Crippen LogP contribution is -2.46. The molecule has 0 bridgehead atoms. The number of aryl methyl sites for hydroxylation is 2. The van der Waals surface area contributed by atoms with Crippen molar-refractivity contribution in [2.45, 2.75) is 38.8 Å². The Bertz CT molecular complexity index is 1370. The summed E-state index contributed by atoms with van der Waals surface area (Å²) in [5, 5.41) is 14.1. The van der Waals surface area contributed by atoms with Crippen LogP contribution in [0.2, 0.25) is 5.02 Å². The molecule has 192 valence electrons. The van der Waals surface area contributed by atoms with Crippen LogP contribution in [0.3, 0.4) is 0 Å². The first-order chi connectivity index (χ1) is 17.7. The van der Waals surface area contributed by atoms with Crippen molar-refractivity contribution >= 4 is 35.2 Å². The molecular formula is C29H30ClFN4O2. The van der Waals surface area contributed by atoms with Crippen molar-refractivity contribution in [3.63, 3.8) is 0 Å². The Kier molecular flexibility index (Phi) is 6.92. The topological polar surface area (TPSA) is 68.2 Å². The number of phenols is 1. The van der Waals surface area contributed by atoms with Gasteiger partial charge in [-0.1, -0.05) is 11.6 Å². The van der Waals surface area contributed by atoms with Gasteiger partial charge in [-0.25, -0.2) is 9.38 Å². The average Bonchev–Trinajstić information content (AvgIpc) is 3.36. The van der Waals surface area contributed by atoms with E-state index in [1.54, 1.807) is 28.3 Å². The molecule has 1 amide bonds. The fourth-order valence-corrected chi connectivity index (χ4v) is 5.49. The summed E-state index contributed by atoms with van der Waals surface area (Å²) >= 11 is 6.51. The van der Waals surface area contributed by atoms with E-state index in [1.165, 1.54) is 18.2 Å². The quantitative estimate of drug-likeness (QED) is 0.439. The molecule has 0 aromatic heterocycles. The van der Waals surface area contributed by atoms with Crippen LogP contribution in [-0.2, 0) is 4.79 Å². The fraction of sp³-hybridized carbons (Fsp3) is 0.310. The Labute approximate surface area is 221 Å². The molecule has 8 heteroatoms. The molecule has 3 aromatic carbocycles. The number of nitrogens with one attached hydrogen (secondary N) is 1. The number of halogens is 2. The number of hydrogen-bond acceptors (Lipinski definition) is 5. The second-order valence-corrected chi connectivity index (χ2v) is 10.4. The van der Waals surface area contributed by atoms with Crippen molar-refractivity contribution in [2.75, 3.05) is 25.0 Å². The first-order valence-corrected chi connectivity index (χ1v) is 12.8. The molecular weight excluding hydrogens is 491 g/mol. The van der Waals surface area contributed by atoms with Crippen molar-refractivity contribution < 1.29 is 14.3 Å². The Balaban J connectivity index is 1.63. The zero-order valence-electron chi connectivity index (χ0n) is 21.1. The lowest BCUT2D eigenvalue weighted by molar-refractivity contribution is -0.131. The summed E-state index contributed by atoms with van der Waals surface area (Å²) in [6.07, 6.45) is 3.72. The summed E-state index contributed by atoms with van der Waals surface area (Å²) < 4.78 is 14.4. The molecule has 2 aliphatic rings. The van der Waals surface area contributed by atoms with Gasteiger partial charge in [0, 0.05) is 41.5 Å². The molecule has 6 nitrogen and oxygen atoms in total. The summed E-state index contributed by atoms with van der Waals surface area (Å²) in [6, 6.07) is 12.9. The van der Waals surface area contributed by atoms with Crippen LogP contribution in [0.15, 0.2) is 53.5 Å². The molecule has 0 radical (unpaired) electrons. The third-order valence-corrected chi connectivity index (χ3v) is 7.43. The lowest BCUT2D eigenvalue weighted by atomic mass is 9.91. The molecule has 2 unspecified atom stereocenters.